The predicted octanol–water partition coefficient (Wildman–Crippen LogP) is 3.76. The van der Waals surface area contributed by atoms with Crippen molar-refractivity contribution in [2.24, 2.45) is 0 Å². The van der Waals surface area contributed by atoms with Gasteiger partial charge in [0.15, 0.2) is 0 Å². The summed E-state index contributed by atoms with van der Waals surface area (Å²) in [4.78, 5) is 5.65. The fraction of sp³-hybridized carbons (Fsp3) is 0.357. The lowest BCUT2D eigenvalue weighted by molar-refractivity contribution is 0.612. The van der Waals surface area contributed by atoms with Crippen LogP contribution in [0.3, 0.4) is 0 Å². The van der Waals surface area contributed by atoms with E-state index in [2.05, 4.69) is 47.7 Å². The molecule has 1 aromatic heterocycles. The van der Waals surface area contributed by atoms with E-state index in [9.17, 15) is 0 Å². The normalized spacial score (nSPS) is 12.6. The van der Waals surface area contributed by atoms with Crippen LogP contribution in [0.25, 0.3) is 0 Å². The molecule has 0 spiro atoms. The minimum atomic E-state index is 0.482. The summed E-state index contributed by atoms with van der Waals surface area (Å²) in [5.74, 6) is 0.482. The Kier molecular flexibility index (Phi) is 5.23. The Morgan fingerprint density at radius 2 is 2.11 bits per heavy atom. The molecular formula is C14H18N2S2. The van der Waals surface area contributed by atoms with Gasteiger partial charge in [-0.15, -0.1) is 23.1 Å². The lowest BCUT2D eigenvalue weighted by Crippen LogP contribution is -2.19. The third-order valence-corrected chi connectivity index (χ3v) is 4.56. The molecule has 2 rings (SSSR count). The van der Waals surface area contributed by atoms with Gasteiger partial charge in [-0.1, -0.05) is 19.1 Å². The first-order valence-corrected chi connectivity index (χ1v) is 8.13. The molecule has 18 heavy (non-hydrogen) atoms. The van der Waals surface area contributed by atoms with Gasteiger partial charge >= 0.3 is 0 Å². The van der Waals surface area contributed by atoms with Gasteiger partial charge in [-0.25, -0.2) is 4.98 Å². The molecule has 96 valence electrons. The van der Waals surface area contributed by atoms with Crippen LogP contribution in [0.1, 0.15) is 23.4 Å². The topological polar surface area (TPSA) is 24.9 Å². The molecule has 1 N–H and O–H groups in total. The number of hydrogen-bond donors (Lipinski definition) is 1. The van der Waals surface area contributed by atoms with Crippen molar-refractivity contribution in [1.29, 1.82) is 0 Å². The molecule has 2 nitrogen and oxygen atoms in total. The van der Waals surface area contributed by atoms with E-state index in [4.69, 9.17) is 0 Å². The van der Waals surface area contributed by atoms with E-state index in [-0.39, 0.29) is 0 Å². The van der Waals surface area contributed by atoms with Gasteiger partial charge in [0.25, 0.3) is 0 Å². The van der Waals surface area contributed by atoms with Gasteiger partial charge in [0, 0.05) is 35.5 Å². The van der Waals surface area contributed by atoms with Crippen molar-refractivity contribution >= 4 is 23.1 Å². The quantitative estimate of drug-likeness (QED) is 0.814. The number of benzene rings is 1. The number of hydrogen-bond acceptors (Lipinski definition) is 4. The molecular weight excluding hydrogens is 260 g/mol. The maximum Gasteiger partial charge on any atom is 0.0965 e. The number of aromatic nitrogens is 1. The van der Waals surface area contributed by atoms with Crippen LogP contribution in [0.4, 0.5) is 0 Å². The standard InChI is InChI=1S/C14H18N2S2/c1-11(14-16-7-8-18-14)9-15-10-12-3-5-13(17-2)6-4-12/h3-8,11,15H,9-10H2,1-2H3. The highest BCUT2D eigenvalue weighted by Gasteiger charge is 2.07. The lowest BCUT2D eigenvalue weighted by atomic mass is 10.2. The second kappa shape index (κ2) is 6.92. The highest BCUT2D eigenvalue weighted by Crippen LogP contribution is 2.17. The number of thiazole rings is 1. The Morgan fingerprint density at radius 1 is 1.33 bits per heavy atom. The number of nitrogens with one attached hydrogen (secondary N) is 1. The first-order valence-electron chi connectivity index (χ1n) is 6.02. The number of thioether (sulfide) groups is 1. The molecule has 0 aliphatic rings. The fourth-order valence-electron chi connectivity index (χ4n) is 1.74. The van der Waals surface area contributed by atoms with Crippen LogP contribution in [-0.2, 0) is 6.54 Å². The minimum Gasteiger partial charge on any atom is -0.312 e. The smallest absolute Gasteiger partial charge is 0.0965 e. The van der Waals surface area contributed by atoms with E-state index in [1.54, 1.807) is 23.1 Å². The average molecular weight is 278 g/mol. The largest absolute Gasteiger partial charge is 0.312 e. The van der Waals surface area contributed by atoms with Crippen molar-refractivity contribution in [3.8, 4) is 0 Å². The van der Waals surface area contributed by atoms with Crippen molar-refractivity contribution in [2.75, 3.05) is 12.8 Å². The van der Waals surface area contributed by atoms with Crippen LogP contribution >= 0.6 is 23.1 Å². The van der Waals surface area contributed by atoms with Gasteiger partial charge in [0.1, 0.15) is 0 Å². The summed E-state index contributed by atoms with van der Waals surface area (Å²) in [6.07, 6.45) is 3.97. The van der Waals surface area contributed by atoms with Crippen molar-refractivity contribution in [2.45, 2.75) is 24.3 Å². The molecule has 1 heterocycles. The third-order valence-electron chi connectivity index (χ3n) is 2.81. The Labute approximate surface area is 117 Å². The third kappa shape index (κ3) is 3.83. The Hall–Kier alpha value is -0.840. The highest BCUT2D eigenvalue weighted by atomic mass is 32.2. The summed E-state index contributed by atoms with van der Waals surface area (Å²) in [6, 6.07) is 8.72. The second-order valence-electron chi connectivity index (χ2n) is 4.25. The van der Waals surface area contributed by atoms with Crippen LogP contribution in [0.2, 0.25) is 0 Å². The summed E-state index contributed by atoms with van der Waals surface area (Å²) in [6.45, 7) is 4.10. The Morgan fingerprint density at radius 3 is 2.72 bits per heavy atom. The molecule has 1 atom stereocenters. The molecule has 0 aliphatic heterocycles. The number of nitrogens with zero attached hydrogens (tertiary/aromatic N) is 1. The van der Waals surface area contributed by atoms with Crippen LogP contribution in [0.15, 0.2) is 40.7 Å². The van der Waals surface area contributed by atoms with E-state index < -0.39 is 0 Å². The maximum absolute atomic E-state index is 4.34. The van der Waals surface area contributed by atoms with E-state index in [0.717, 1.165) is 13.1 Å². The van der Waals surface area contributed by atoms with E-state index >= 15 is 0 Å². The van der Waals surface area contributed by atoms with Crippen LogP contribution in [0.5, 0.6) is 0 Å². The highest BCUT2D eigenvalue weighted by molar-refractivity contribution is 7.98. The van der Waals surface area contributed by atoms with Gasteiger partial charge < -0.3 is 5.32 Å². The SMILES string of the molecule is CSc1ccc(CNCC(C)c2nccs2)cc1. The van der Waals surface area contributed by atoms with Gasteiger partial charge in [0.05, 0.1) is 5.01 Å². The summed E-state index contributed by atoms with van der Waals surface area (Å²) in [5, 5.41) is 6.73. The molecule has 1 aromatic carbocycles. The molecule has 0 aliphatic carbocycles. The summed E-state index contributed by atoms with van der Waals surface area (Å²) in [7, 11) is 0. The molecule has 0 radical (unpaired) electrons. The van der Waals surface area contributed by atoms with Crippen molar-refractivity contribution in [1.82, 2.24) is 10.3 Å². The first-order chi connectivity index (χ1) is 8.79. The van der Waals surface area contributed by atoms with Gasteiger partial charge in [-0.3, -0.25) is 0 Å². The maximum atomic E-state index is 4.34. The summed E-state index contributed by atoms with van der Waals surface area (Å²) in [5.41, 5.74) is 1.33. The molecule has 2 aromatic rings. The van der Waals surface area contributed by atoms with Gasteiger partial charge in [-0.05, 0) is 24.0 Å². The average Bonchev–Trinajstić information content (AvgIpc) is 2.93. The molecule has 0 saturated carbocycles. The zero-order valence-corrected chi connectivity index (χ0v) is 12.4. The van der Waals surface area contributed by atoms with Gasteiger partial charge in [-0.2, -0.15) is 0 Å². The lowest BCUT2D eigenvalue weighted by Gasteiger charge is -2.10. The summed E-state index contributed by atoms with van der Waals surface area (Å²) < 4.78 is 0. The van der Waals surface area contributed by atoms with Crippen LogP contribution < -0.4 is 5.32 Å². The zero-order valence-electron chi connectivity index (χ0n) is 10.7. The van der Waals surface area contributed by atoms with E-state index in [1.165, 1.54) is 15.5 Å². The molecule has 0 fully saturated rings. The summed E-state index contributed by atoms with van der Waals surface area (Å²) >= 11 is 3.51. The Balaban J connectivity index is 1.77. The van der Waals surface area contributed by atoms with E-state index in [0.29, 0.717) is 5.92 Å². The van der Waals surface area contributed by atoms with E-state index in [1.807, 2.05) is 11.6 Å². The van der Waals surface area contributed by atoms with Crippen LogP contribution in [-0.4, -0.2) is 17.8 Å². The fourth-order valence-corrected chi connectivity index (χ4v) is 2.85. The monoisotopic (exact) mass is 278 g/mol. The molecule has 0 saturated heterocycles. The van der Waals surface area contributed by atoms with Crippen molar-refractivity contribution < 1.29 is 0 Å². The van der Waals surface area contributed by atoms with Crippen LogP contribution in [0, 0.1) is 0 Å². The molecule has 0 bridgehead atoms. The molecule has 4 heteroatoms. The molecule has 1 unspecified atom stereocenters. The van der Waals surface area contributed by atoms with Gasteiger partial charge in [0.2, 0.25) is 0 Å². The first kappa shape index (κ1) is 13.6. The van der Waals surface area contributed by atoms with Crippen molar-refractivity contribution in [3.05, 3.63) is 46.4 Å². The molecule has 0 amide bonds. The second-order valence-corrected chi connectivity index (χ2v) is 6.06. The predicted molar refractivity (Wildman–Crippen MR) is 80.5 cm³/mol. The number of rotatable bonds is 6. The van der Waals surface area contributed by atoms with Crippen molar-refractivity contribution in [3.63, 3.8) is 0 Å². The zero-order chi connectivity index (χ0) is 12.8. The Bertz CT molecular complexity index is 451. The minimum absolute atomic E-state index is 0.482.